The first-order chi connectivity index (χ1) is 9.17. The molecule has 106 valence electrons. The van der Waals surface area contributed by atoms with E-state index in [1.165, 1.54) is 38.2 Å². The van der Waals surface area contributed by atoms with Gasteiger partial charge in [-0.1, -0.05) is 50.3 Å². The second-order valence-corrected chi connectivity index (χ2v) is 5.96. The van der Waals surface area contributed by atoms with Crippen molar-refractivity contribution in [3.05, 3.63) is 34.6 Å². The van der Waals surface area contributed by atoms with Crippen LogP contribution in [0.3, 0.4) is 0 Å². The van der Waals surface area contributed by atoms with Crippen molar-refractivity contribution in [2.75, 3.05) is 7.05 Å². The van der Waals surface area contributed by atoms with E-state index in [0.29, 0.717) is 5.92 Å². The predicted octanol–water partition coefficient (Wildman–Crippen LogP) is 4.96. The summed E-state index contributed by atoms with van der Waals surface area (Å²) in [4.78, 5) is 0. The lowest BCUT2D eigenvalue weighted by atomic mass is 9.72. The van der Waals surface area contributed by atoms with Crippen LogP contribution < -0.4 is 5.32 Å². The quantitative estimate of drug-likeness (QED) is 0.824. The molecule has 1 N–H and O–H groups in total. The van der Waals surface area contributed by atoms with Crippen LogP contribution in [0, 0.1) is 17.7 Å². The minimum Gasteiger partial charge on any atom is -0.313 e. The molecule has 0 aliphatic heterocycles. The van der Waals surface area contributed by atoms with Gasteiger partial charge in [0, 0.05) is 6.04 Å². The highest BCUT2D eigenvalue weighted by Crippen LogP contribution is 2.40. The molecule has 0 radical (unpaired) electrons. The van der Waals surface area contributed by atoms with Crippen LogP contribution in [0.25, 0.3) is 0 Å². The van der Waals surface area contributed by atoms with E-state index < -0.39 is 0 Å². The van der Waals surface area contributed by atoms with Gasteiger partial charge in [0.1, 0.15) is 5.82 Å². The maximum absolute atomic E-state index is 13.3. The molecule has 19 heavy (non-hydrogen) atoms. The maximum Gasteiger partial charge on any atom is 0.141 e. The summed E-state index contributed by atoms with van der Waals surface area (Å²) in [7, 11) is 1.99. The van der Waals surface area contributed by atoms with Gasteiger partial charge in [-0.05, 0) is 43.0 Å². The van der Waals surface area contributed by atoms with E-state index >= 15 is 0 Å². The van der Waals surface area contributed by atoms with Crippen molar-refractivity contribution < 1.29 is 4.39 Å². The summed E-state index contributed by atoms with van der Waals surface area (Å²) in [6.07, 6.45) is 6.43. The Balaban J connectivity index is 2.24. The minimum atomic E-state index is -0.337. The van der Waals surface area contributed by atoms with E-state index in [0.717, 1.165) is 11.5 Å². The average Bonchev–Trinajstić information content (AvgIpc) is 2.44. The molecule has 0 heterocycles. The summed E-state index contributed by atoms with van der Waals surface area (Å²) in [5.74, 6) is 1.05. The van der Waals surface area contributed by atoms with Gasteiger partial charge in [-0.25, -0.2) is 4.39 Å². The highest BCUT2D eigenvalue weighted by atomic mass is 35.5. The molecule has 0 spiro atoms. The summed E-state index contributed by atoms with van der Waals surface area (Å²) in [5.41, 5.74) is 1.11. The lowest BCUT2D eigenvalue weighted by molar-refractivity contribution is 0.180. The fourth-order valence-corrected chi connectivity index (χ4v) is 3.70. The van der Waals surface area contributed by atoms with E-state index in [4.69, 9.17) is 11.6 Å². The largest absolute Gasteiger partial charge is 0.313 e. The molecular weight excluding hydrogens is 261 g/mol. The molecule has 3 atom stereocenters. The predicted molar refractivity (Wildman–Crippen MR) is 78.9 cm³/mol. The van der Waals surface area contributed by atoms with E-state index in [2.05, 4.69) is 12.2 Å². The van der Waals surface area contributed by atoms with Crippen LogP contribution in [-0.4, -0.2) is 7.05 Å². The Morgan fingerprint density at radius 3 is 2.74 bits per heavy atom. The molecule has 1 aliphatic carbocycles. The SMILES string of the molecule is CCC1CCCCC1C(NC)c1ccc(F)c(Cl)c1. The molecule has 0 saturated heterocycles. The van der Waals surface area contributed by atoms with Crippen LogP contribution >= 0.6 is 11.6 Å². The van der Waals surface area contributed by atoms with Crippen molar-refractivity contribution >= 4 is 11.6 Å². The third-order valence-corrected chi connectivity index (χ3v) is 4.82. The molecule has 1 aromatic carbocycles. The summed E-state index contributed by atoms with van der Waals surface area (Å²) >= 11 is 5.92. The fourth-order valence-electron chi connectivity index (χ4n) is 3.52. The molecule has 0 bridgehead atoms. The van der Waals surface area contributed by atoms with Gasteiger partial charge in [0.25, 0.3) is 0 Å². The third kappa shape index (κ3) is 3.29. The zero-order chi connectivity index (χ0) is 13.8. The summed E-state index contributed by atoms with van der Waals surface area (Å²) < 4.78 is 13.3. The Morgan fingerprint density at radius 1 is 1.37 bits per heavy atom. The molecule has 1 aromatic rings. The smallest absolute Gasteiger partial charge is 0.141 e. The van der Waals surface area contributed by atoms with Crippen LogP contribution in [0.4, 0.5) is 4.39 Å². The van der Waals surface area contributed by atoms with Crippen LogP contribution in [0.5, 0.6) is 0 Å². The van der Waals surface area contributed by atoms with Gasteiger partial charge in [-0.2, -0.15) is 0 Å². The minimum absolute atomic E-state index is 0.224. The van der Waals surface area contributed by atoms with Gasteiger partial charge in [-0.15, -0.1) is 0 Å². The summed E-state index contributed by atoms with van der Waals surface area (Å²) in [6.45, 7) is 2.27. The van der Waals surface area contributed by atoms with Crippen LogP contribution in [0.15, 0.2) is 18.2 Å². The zero-order valence-corrected chi connectivity index (χ0v) is 12.5. The molecule has 3 heteroatoms. The van der Waals surface area contributed by atoms with Crippen molar-refractivity contribution in [2.24, 2.45) is 11.8 Å². The number of nitrogens with one attached hydrogen (secondary N) is 1. The maximum atomic E-state index is 13.3. The Labute approximate surface area is 120 Å². The van der Waals surface area contributed by atoms with Crippen LogP contribution in [0.1, 0.15) is 50.6 Å². The van der Waals surface area contributed by atoms with Crippen molar-refractivity contribution in [1.29, 1.82) is 0 Å². The van der Waals surface area contributed by atoms with Gasteiger partial charge >= 0.3 is 0 Å². The lowest BCUT2D eigenvalue weighted by Crippen LogP contribution is -2.32. The number of benzene rings is 1. The highest BCUT2D eigenvalue weighted by Gasteiger charge is 2.31. The number of rotatable bonds is 4. The Hall–Kier alpha value is -0.600. The number of hydrogen-bond acceptors (Lipinski definition) is 1. The molecular formula is C16H23ClFN. The first-order valence-corrected chi connectivity index (χ1v) is 7.67. The van der Waals surface area contributed by atoms with E-state index in [9.17, 15) is 4.39 Å². The standard InChI is InChI=1S/C16H23ClFN/c1-3-11-6-4-5-7-13(11)16(19-2)12-8-9-15(18)14(17)10-12/h8-11,13,16,19H,3-7H2,1-2H3. The van der Waals surface area contributed by atoms with Crippen molar-refractivity contribution in [2.45, 2.75) is 45.1 Å². The van der Waals surface area contributed by atoms with Gasteiger partial charge in [-0.3, -0.25) is 0 Å². The lowest BCUT2D eigenvalue weighted by Gasteiger charge is -2.37. The average molecular weight is 284 g/mol. The number of halogens is 2. The first-order valence-electron chi connectivity index (χ1n) is 7.29. The monoisotopic (exact) mass is 283 g/mol. The first kappa shape index (κ1) is 14.8. The van der Waals surface area contributed by atoms with Gasteiger partial charge in [0.2, 0.25) is 0 Å². The molecule has 2 rings (SSSR count). The molecule has 1 aliphatic rings. The molecule has 3 unspecified atom stereocenters. The normalized spacial score (nSPS) is 25.3. The highest BCUT2D eigenvalue weighted by molar-refractivity contribution is 6.30. The Kier molecular flexibility index (Phi) is 5.23. The molecule has 1 nitrogen and oxygen atoms in total. The molecule has 0 aromatic heterocycles. The molecule has 1 fully saturated rings. The number of hydrogen-bond donors (Lipinski definition) is 1. The van der Waals surface area contributed by atoms with Crippen LogP contribution in [0.2, 0.25) is 5.02 Å². The van der Waals surface area contributed by atoms with Gasteiger partial charge < -0.3 is 5.32 Å². The Bertz CT molecular complexity index is 421. The van der Waals surface area contributed by atoms with E-state index in [1.807, 2.05) is 13.1 Å². The van der Waals surface area contributed by atoms with Crippen LogP contribution in [-0.2, 0) is 0 Å². The molecule has 0 amide bonds. The summed E-state index contributed by atoms with van der Waals surface area (Å²) in [5, 5.41) is 3.64. The third-order valence-electron chi connectivity index (χ3n) is 4.53. The van der Waals surface area contributed by atoms with Gasteiger partial charge in [0.05, 0.1) is 5.02 Å². The molecule has 1 saturated carbocycles. The second kappa shape index (κ2) is 6.71. The Morgan fingerprint density at radius 2 is 2.11 bits per heavy atom. The van der Waals surface area contributed by atoms with Crippen molar-refractivity contribution in [3.63, 3.8) is 0 Å². The van der Waals surface area contributed by atoms with E-state index in [-0.39, 0.29) is 16.9 Å². The fraction of sp³-hybridized carbons (Fsp3) is 0.625. The van der Waals surface area contributed by atoms with Crippen molar-refractivity contribution in [1.82, 2.24) is 5.32 Å². The van der Waals surface area contributed by atoms with E-state index in [1.54, 1.807) is 6.07 Å². The summed E-state index contributed by atoms with van der Waals surface area (Å²) in [6, 6.07) is 5.40. The second-order valence-electron chi connectivity index (χ2n) is 5.56. The zero-order valence-electron chi connectivity index (χ0n) is 11.8. The van der Waals surface area contributed by atoms with Gasteiger partial charge in [0.15, 0.2) is 0 Å². The van der Waals surface area contributed by atoms with Crippen molar-refractivity contribution in [3.8, 4) is 0 Å². The topological polar surface area (TPSA) is 12.0 Å².